The van der Waals surface area contributed by atoms with Gasteiger partial charge in [-0.3, -0.25) is 4.21 Å². The highest BCUT2D eigenvalue weighted by Gasteiger charge is 2.14. The van der Waals surface area contributed by atoms with Crippen molar-refractivity contribution >= 4 is 10.8 Å². The van der Waals surface area contributed by atoms with Gasteiger partial charge in [-0.05, 0) is 29.8 Å². The third-order valence-electron chi connectivity index (χ3n) is 2.74. The minimum Gasteiger partial charge on any atom is -0.454 e. The van der Waals surface area contributed by atoms with E-state index in [0.29, 0.717) is 5.75 Å². The van der Waals surface area contributed by atoms with Crippen LogP contribution >= 0.6 is 0 Å². The first-order valence-electron chi connectivity index (χ1n) is 5.65. The lowest BCUT2D eigenvalue weighted by atomic mass is 10.2. The van der Waals surface area contributed by atoms with Crippen molar-refractivity contribution in [3.63, 3.8) is 0 Å². The van der Waals surface area contributed by atoms with Crippen molar-refractivity contribution in [2.45, 2.75) is 10.6 Å². The molecule has 92 valence electrons. The lowest BCUT2D eigenvalue weighted by Crippen LogP contribution is -1.96. The Morgan fingerprint density at radius 2 is 1.78 bits per heavy atom. The van der Waals surface area contributed by atoms with Crippen molar-refractivity contribution in [2.75, 3.05) is 6.79 Å². The number of hydrogen-bond acceptors (Lipinski definition) is 3. The van der Waals surface area contributed by atoms with Gasteiger partial charge in [-0.25, -0.2) is 0 Å². The third-order valence-corrected chi connectivity index (χ3v) is 4.13. The number of ether oxygens (including phenoxy) is 2. The first-order chi connectivity index (χ1) is 8.83. The van der Waals surface area contributed by atoms with Gasteiger partial charge in [0.1, 0.15) is 0 Å². The molecule has 18 heavy (non-hydrogen) atoms. The normalized spacial score (nSPS) is 14.4. The Kier molecular flexibility index (Phi) is 3.02. The average molecular weight is 260 g/mol. The Morgan fingerprint density at radius 3 is 2.61 bits per heavy atom. The molecular weight excluding hydrogens is 248 g/mol. The van der Waals surface area contributed by atoms with Gasteiger partial charge >= 0.3 is 0 Å². The maximum Gasteiger partial charge on any atom is 0.231 e. The van der Waals surface area contributed by atoms with Gasteiger partial charge in [-0.1, -0.05) is 24.3 Å². The van der Waals surface area contributed by atoms with Gasteiger partial charge < -0.3 is 9.47 Å². The van der Waals surface area contributed by atoms with E-state index in [2.05, 4.69) is 0 Å². The lowest BCUT2D eigenvalue weighted by Gasteiger charge is -2.03. The maximum atomic E-state index is 12.2. The van der Waals surface area contributed by atoms with E-state index in [1.165, 1.54) is 0 Å². The molecule has 0 radical (unpaired) electrons. The Labute approximate surface area is 108 Å². The summed E-state index contributed by atoms with van der Waals surface area (Å²) >= 11 is 0. The van der Waals surface area contributed by atoms with Gasteiger partial charge in [0.2, 0.25) is 6.79 Å². The number of fused-ring (bicyclic) bond motifs is 1. The molecule has 3 nitrogen and oxygen atoms in total. The maximum absolute atomic E-state index is 12.2. The van der Waals surface area contributed by atoms with Gasteiger partial charge in [0.25, 0.3) is 0 Å². The van der Waals surface area contributed by atoms with Gasteiger partial charge in [0.15, 0.2) is 11.5 Å². The molecule has 4 heteroatoms. The number of benzene rings is 2. The minimum absolute atomic E-state index is 0.264. The Morgan fingerprint density at radius 1 is 1.00 bits per heavy atom. The number of rotatable bonds is 3. The fourth-order valence-corrected chi connectivity index (χ4v) is 2.95. The smallest absolute Gasteiger partial charge is 0.231 e. The van der Waals surface area contributed by atoms with Crippen molar-refractivity contribution in [1.82, 2.24) is 0 Å². The predicted octanol–water partition coefficient (Wildman–Crippen LogP) is 2.72. The molecule has 0 fully saturated rings. The molecule has 3 rings (SSSR count). The summed E-state index contributed by atoms with van der Waals surface area (Å²) in [6.45, 7) is 0.264. The van der Waals surface area contributed by atoms with Gasteiger partial charge in [-0.15, -0.1) is 0 Å². The van der Waals surface area contributed by atoms with Gasteiger partial charge in [-0.2, -0.15) is 0 Å². The summed E-state index contributed by atoms with van der Waals surface area (Å²) in [5.41, 5.74) is 0.987. The summed E-state index contributed by atoms with van der Waals surface area (Å²) in [6.07, 6.45) is 0. The Bertz CT molecular complexity index is 581. The monoisotopic (exact) mass is 260 g/mol. The quantitative estimate of drug-likeness (QED) is 0.851. The molecule has 0 N–H and O–H groups in total. The fourth-order valence-electron chi connectivity index (χ4n) is 1.84. The first kappa shape index (κ1) is 11.3. The van der Waals surface area contributed by atoms with Crippen LogP contribution < -0.4 is 9.47 Å². The van der Waals surface area contributed by atoms with E-state index < -0.39 is 10.8 Å². The second-order valence-electron chi connectivity index (χ2n) is 3.99. The summed E-state index contributed by atoms with van der Waals surface area (Å²) in [7, 11) is -1.03. The van der Waals surface area contributed by atoms with Crippen LogP contribution in [0.15, 0.2) is 53.4 Å². The average Bonchev–Trinajstić information content (AvgIpc) is 2.87. The van der Waals surface area contributed by atoms with E-state index >= 15 is 0 Å². The molecule has 0 amide bonds. The van der Waals surface area contributed by atoms with Crippen LogP contribution in [0.25, 0.3) is 0 Å². The molecule has 1 aliphatic rings. The lowest BCUT2D eigenvalue weighted by molar-refractivity contribution is 0.174. The molecule has 0 aromatic heterocycles. The standard InChI is InChI=1S/C14H12O3S/c15-18(12-4-2-1-3-5-12)9-11-6-7-13-14(8-11)17-10-16-13/h1-8H,9-10H2/t18-/m0/s1. The molecule has 0 aliphatic carbocycles. The number of hydrogen-bond donors (Lipinski definition) is 0. The van der Waals surface area contributed by atoms with Crippen LogP contribution in [0.3, 0.4) is 0 Å². The van der Waals surface area contributed by atoms with E-state index in [9.17, 15) is 4.21 Å². The predicted molar refractivity (Wildman–Crippen MR) is 69.1 cm³/mol. The van der Waals surface area contributed by atoms with Crippen molar-refractivity contribution in [3.05, 3.63) is 54.1 Å². The molecule has 0 saturated heterocycles. The molecule has 2 aromatic rings. The van der Waals surface area contributed by atoms with E-state index in [0.717, 1.165) is 22.0 Å². The molecule has 0 bridgehead atoms. The zero-order valence-electron chi connectivity index (χ0n) is 9.67. The molecule has 0 saturated carbocycles. The summed E-state index contributed by atoms with van der Waals surface area (Å²) in [6, 6.07) is 15.1. The minimum atomic E-state index is -1.03. The van der Waals surface area contributed by atoms with Crippen LogP contribution in [0.4, 0.5) is 0 Å². The van der Waals surface area contributed by atoms with E-state index in [1.807, 2.05) is 48.5 Å². The topological polar surface area (TPSA) is 35.5 Å². The van der Waals surface area contributed by atoms with Gasteiger partial charge in [0.05, 0.1) is 16.6 Å². The first-order valence-corrected chi connectivity index (χ1v) is 6.97. The third kappa shape index (κ3) is 2.24. The van der Waals surface area contributed by atoms with Crippen molar-refractivity contribution in [2.24, 2.45) is 0 Å². The van der Waals surface area contributed by atoms with Crippen LogP contribution in [0.1, 0.15) is 5.56 Å². The van der Waals surface area contributed by atoms with Gasteiger partial charge in [0, 0.05) is 4.90 Å². The van der Waals surface area contributed by atoms with E-state index in [4.69, 9.17) is 9.47 Å². The Balaban J connectivity index is 1.79. The summed E-state index contributed by atoms with van der Waals surface area (Å²) < 4.78 is 22.7. The highest BCUT2D eigenvalue weighted by molar-refractivity contribution is 7.84. The summed E-state index contributed by atoms with van der Waals surface area (Å²) in [4.78, 5) is 0.843. The van der Waals surface area contributed by atoms with Crippen LogP contribution in [0.5, 0.6) is 11.5 Å². The molecule has 0 unspecified atom stereocenters. The van der Waals surface area contributed by atoms with Crippen LogP contribution in [0, 0.1) is 0 Å². The van der Waals surface area contributed by atoms with Crippen LogP contribution in [0.2, 0.25) is 0 Å². The second-order valence-corrected chi connectivity index (χ2v) is 5.44. The molecule has 0 spiro atoms. The zero-order chi connectivity index (χ0) is 12.4. The molecule has 1 heterocycles. The fraction of sp³-hybridized carbons (Fsp3) is 0.143. The molecule has 2 aromatic carbocycles. The van der Waals surface area contributed by atoms with Crippen LogP contribution in [-0.4, -0.2) is 11.0 Å². The van der Waals surface area contributed by atoms with Crippen molar-refractivity contribution in [3.8, 4) is 11.5 Å². The Hall–Kier alpha value is -1.81. The molecular formula is C14H12O3S. The molecule has 1 aliphatic heterocycles. The largest absolute Gasteiger partial charge is 0.454 e. The summed E-state index contributed by atoms with van der Waals surface area (Å²) in [5.74, 6) is 1.97. The van der Waals surface area contributed by atoms with E-state index in [-0.39, 0.29) is 6.79 Å². The second kappa shape index (κ2) is 4.82. The molecule has 1 atom stereocenters. The SMILES string of the molecule is O=[S@@](Cc1ccc2c(c1)OCO2)c1ccccc1. The zero-order valence-corrected chi connectivity index (χ0v) is 10.5. The highest BCUT2D eigenvalue weighted by Crippen LogP contribution is 2.33. The van der Waals surface area contributed by atoms with Crippen molar-refractivity contribution in [1.29, 1.82) is 0 Å². The van der Waals surface area contributed by atoms with E-state index in [1.54, 1.807) is 0 Å². The highest BCUT2D eigenvalue weighted by atomic mass is 32.2. The summed E-state index contributed by atoms with van der Waals surface area (Å²) in [5, 5.41) is 0. The van der Waals surface area contributed by atoms with Crippen LogP contribution in [-0.2, 0) is 16.6 Å². The van der Waals surface area contributed by atoms with Crippen molar-refractivity contribution < 1.29 is 13.7 Å².